The molecular weight excluding hydrogens is 304 g/mol. The predicted octanol–water partition coefficient (Wildman–Crippen LogP) is 2.73. The second-order valence-electron chi connectivity index (χ2n) is 8.56. The van der Waals surface area contributed by atoms with Crippen molar-refractivity contribution in [3.8, 4) is 0 Å². The molecule has 0 atom stereocenters. The molecule has 0 aliphatic rings. The molecule has 1 aromatic carbocycles. The Hall–Kier alpha value is -1.88. The molecule has 0 spiro atoms. The Morgan fingerprint density at radius 2 is 1.21 bits per heavy atom. The van der Waals surface area contributed by atoms with E-state index in [1.807, 2.05) is 41.5 Å². The van der Waals surface area contributed by atoms with E-state index in [1.165, 1.54) is 0 Å². The van der Waals surface area contributed by atoms with E-state index in [0.29, 0.717) is 29.8 Å². The Labute approximate surface area is 144 Å². The predicted molar refractivity (Wildman–Crippen MR) is 95.9 cm³/mol. The van der Waals surface area contributed by atoms with Crippen molar-refractivity contribution in [1.29, 1.82) is 0 Å². The molecule has 0 bridgehead atoms. The van der Waals surface area contributed by atoms with Crippen molar-refractivity contribution in [2.75, 3.05) is 13.1 Å². The van der Waals surface area contributed by atoms with Gasteiger partial charge in [0.15, 0.2) is 0 Å². The number of nitrogens with one attached hydrogen (secondary N) is 2. The van der Waals surface area contributed by atoms with E-state index in [-0.39, 0.29) is 29.3 Å². The summed E-state index contributed by atoms with van der Waals surface area (Å²) in [6.07, 6.45) is 0. The number of benzene rings is 1. The lowest BCUT2D eigenvalue weighted by molar-refractivity contribution is 0.0939. The third-order valence-corrected chi connectivity index (χ3v) is 3.26. The van der Waals surface area contributed by atoms with E-state index < -0.39 is 0 Å². The number of aliphatic hydroxyl groups excluding tert-OH is 1. The summed E-state index contributed by atoms with van der Waals surface area (Å²) in [6, 6.07) is 4.78. The first kappa shape index (κ1) is 20.2. The molecule has 5 nitrogen and oxygen atoms in total. The summed E-state index contributed by atoms with van der Waals surface area (Å²) in [4.78, 5) is 24.7. The van der Waals surface area contributed by atoms with E-state index >= 15 is 0 Å². The lowest BCUT2D eigenvalue weighted by atomic mass is 9.96. The normalized spacial score (nSPS) is 12.0. The number of hydrogen-bond acceptors (Lipinski definition) is 3. The van der Waals surface area contributed by atoms with Crippen LogP contribution in [-0.2, 0) is 6.61 Å². The van der Waals surface area contributed by atoms with E-state index in [1.54, 1.807) is 18.2 Å². The summed E-state index contributed by atoms with van der Waals surface area (Å²) in [7, 11) is 0. The topological polar surface area (TPSA) is 78.4 Å². The van der Waals surface area contributed by atoms with Crippen molar-refractivity contribution in [2.45, 2.75) is 48.1 Å². The maximum absolute atomic E-state index is 12.3. The van der Waals surface area contributed by atoms with Crippen LogP contribution in [0.3, 0.4) is 0 Å². The van der Waals surface area contributed by atoms with E-state index in [9.17, 15) is 14.7 Å². The minimum Gasteiger partial charge on any atom is -0.392 e. The zero-order valence-electron chi connectivity index (χ0n) is 15.6. The monoisotopic (exact) mass is 334 g/mol. The van der Waals surface area contributed by atoms with Gasteiger partial charge < -0.3 is 15.7 Å². The van der Waals surface area contributed by atoms with Gasteiger partial charge in [0.1, 0.15) is 0 Å². The van der Waals surface area contributed by atoms with Gasteiger partial charge in [-0.2, -0.15) is 0 Å². The molecule has 0 saturated heterocycles. The van der Waals surface area contributed by atoms with Crippen LogP contribution in [0.25, 0.3) is 0 Å². The zero-order valence-corrected chi connectivity index (χ0v) is 15.6. The summed E-state index contributed by atoms with van der Waals surface area (Å²) in [5, 5.41) is 15.1. The number of aliphatic hydroxyl groups is 1. The summed E-state index contributed by atoms with van der Waals surface area (Å²) in [5.74, 6) is -0.491. The van der Waals surface area contributed by atoms with Crippen molar-refractivity contribution in [1.82, 2.24) is 10.6 Å². The maximum Gasteiger partial charge on any atom is 0.251 e. The van der Waals surface area contributed by atoms with Crippen LogP contribution in [0.4, 0.5) is 0 Å². The maximum atomic E-state index is 12.3. The molecule has 0 aliphatic heterocycles. The molecule has 0 heterocycles. The summed E-state index contributed by atoms with van der Waals surface area (Å²) < 4.78 is 0. The molecule has 0 fully saturated rings. The Morgan fingerprint density at radius 1 is 0.833 bits per heavy atom. The molecule has 1 aromatic rings. The van der Waals surface area contributed by atoms with Crippen LogP contribution in [-0.4, -0.2) is 30.0 Å². The van der Waals surface area contributed by atoms with Gasteiger partial charge in [-0.25, -0.2) is 0 Å². The molecule has 1 rings (SSSR count). The fourth-order valence-electron chi connectivity index (χ4n) is 1.94. The highest BCUT2D eigenvalue weighted by Gasteiger charge is 2.17. The molecule has 5 heteroatoms. The standard InChI is InChI=1S/C19H30N2O3/c1-18(2,3)11-20-16(23)14-7-13(10-22)8-15(9-14)17(24)21-12-19(4,5)6/h7-9,22H,10-12H2,1-6H3,(H,20,23)(H,21,24). The first-order valence-corrected chi connectivity index (χ1v) is 8.22. The molecular formula is C19H30N2O3. The molecule has 0 unspecified atom stereocenters. The van der Waals surface area contributed by atoms with Gasteiger partial charge in [-0.3, -0.25) is 9.59 Å². The van der Waals surface area contributed by atoms with Crippen molar-refractivity contribution in [3.63, 3.8) is 0 Å². The third kappa shape index (κ3) is 7.13. The van der Waals surface area contributed by atoms with Crippen molar-refractivity contribution >= 4 is 11.8 Å². The lowest BCUT2D eigenvalue weighted by Crippen LogP contribution is -2.33. The third-order valence-electron chi connectivity index (χ3n) is 3.26. The van der Waals surface area contributed by atoms with Crippen LogP contribution in [0.2, 0.25) is 0 Å². The molecule has 3 N–H and O–H groups in total. The van der Waals surface area contributed by atoms with Gasteiger partial charge in [0.05, 0.1) is 6.61 Å². The minimum atomic E-state index is -0.245. The fraction of sp³-hybridized carbons (Fsp3) is 0.579. The molecule has 0 aliphatic carbocycles. The van der Waals surface area contributed by atoms with Gasteiger partial charge in [-0.05, 0) is 34.6 Å². The van der Waals surface area contributed by atoms with Gasteiger partial charge >= 0.3 is 0 Å². The molecule has 134 valence electrons. The SMILES string of the molecule is CC(C)(C)CNC(=O)c1cc(CO)cc(C(=O)NCC(C)(C)C)c1. The van der Waals surface area contributed by atoms with E-state index in [0.717, 1.165) is 0 Å². The van der Waals surface area contributed by atoms with Crippen LogP contribution in [0.15, 0.2) is 18.2 Å². The number of carbonyl (C=O) groups excluding carboxylic acids is 2. The zero-order chi connectivity index (χ0) is 18.5. The van der Waals surface area contributed by atoms with Gasteiger partial charge in [-0.15, -0.1) is 0 Å². The van der Waals surface area contributed by atoms with Crippen LogP contribution in [0.5, 0.6) is 0 Å². The second-order valence-corrected chi connectivity index (χ2v) is 8.56. The first-order chi connectivity index (χ1) is 10.9. The number of hydrogen-bond donors (Lipinski definition) is 3. The number of carbonyl (C=O) groups is 2. The van der Waals surface area contributed by atoms with Gasteiger partial charge in [-0.1, -0.05) is 41.5 Å². The highest BCUT2D eigenvalue weighted by molar-refractivity contribution is 6.00. The Kier molecular flexibility index (Phi) is 6.55. The van der Waals surface area contributed by atoms with Crippen LogP contribution in [0, 0.1) is 10.8 Å². The van der Waals surface area contributed by atoms with Gasteiger partial charge in [0.25, 0.3) is 11.8 Å². The first-order valence-electron chi connectivity index (χ1n) is 8.22. The average molecular weight is 334 g/mol. The minimum absolute atomic E-state index is 0.0306. The highest BCUT2D eigenvalue weighted by atomic mass is 16.3. The van der Waals surface area contributed by atoms with Crippen LogP contribution >= 0.6 is 0 Å². The molecule has 24 heavy (non-hydrogen) atoms. The van der Waals surface area contributed by atoms with Crippen LogP contribution in [0.1, 0.15) is 67.8 Å². The van der Waals surface area contributed by atoms with Crippen LogP contribution < -0.4 is 10.6 Å². The summed E-state index contributed by atoms with van der Waals surface area (Å²) in [6.45, 7) is 13.0. The van der Waals surface area contributed by atoms with Gasteiger partial charge in [0.2, 0.25) is 0 Å². The quantitative estimate of drug-likeness (QED) is 0.775. The lowest BCUT2D eigenvalue weighted by Gasteiger charge is -2.20. The molecule has 0 aromatic heterocycles. The largest absolute Gasteiger partial charge is 0.392 e. The van der Waals surface area contributed by atoms with Gasteiger partial charge in [0, 0.05) is 24.2 Å². The smallest absolute Gasteiger partial charge is 0.251 e. The Morgan fingerprint density at radius 3 is 1.50 bits per heavy atom. The number of amides is 2. The summed E-state index contributed by atoms with van der Waals surface area (Å²) in [5.41, 5.74) is 1.24. The Bertz CT molecular complexity index is 547. The Balaban J connectivity index is 2.95. The fourth-order valence-corrected chi connectivity index (χ4v) is 1.94. The molecule has 0 saturated carbocycles. The van der Waals surface area contributed by atoms with Crippen molar-refractivity contribution < 1.29 is 14.7 Å². The molecule has 2 amide bonds. The average Bonchev–Trinajstić information content (AvgIpc) is 2.48. The van der Waals surface area contributed by atoms with E-state index in [2.05, 4.69) is 10.6 Å². The summed E-state index contributed by atoms with van der Waals surface area (Å²) >= 11 is 0. The second kappa shape index (κ2) is 7.79. The van der Waals surface area contributed by atoms with E-state index in [4.69, 9.17) is 0 Å². The van der Waals surface area contributed by atoms with Crippen molar-refractivity contribution in [3.05, 3.63) is 34.9 Å². The van der Waals surface area contributed by atoms with Crippen molar-refractivity contribution in [2.24, 2.45) is 10.8 Å². The molecule has 0 radical (unpaired) electrons. The highest BCUT2D eigenvalue weighted by Crippen LogP contribution is 2.15. The number of rotatable bonds is 5.